The summed E-state index contributed by atoms with van der Waals surface area (Å²) in [7, 11) is 0. The third-order valence-corrected chi connectivity index (χ3v) is 4.03. The van der Waals surface area contributed by atoms with Crippen LogP contribution in [0.15, 0.2) is 0 Å². The van der Waals surface area contributed by atoms with Crippen LogP contribution < -0.4 is 27.4 Å². The summed E-state index contributed by atoms with van der Waals surface area (Å²) in [5.74, 6) is -6.96. The van der Waals surface area contributed by atoms with Gasteiger partial charge in [-0.15, -0.1) is 0 Å². The average molecular weight is 417 g/mol. The number of rotatable bonds is 13. The van der Waals surface area contributed by atoms with Gasteiger partial charge >= 0.3 is 11.9 Å². The quantitative estimate of drug-likeness (QED) is 0.160. The fourth-order valence-corrected chi connectivity index (χ4v) is 2.25. The van der Waals surface area contributed by atoms with Crippen molar-refractivity contribution in [2.75, 3.05) is 6.54 Å². The van der Waals surface area contributed by atoms with Crippen LogP contribution in [0.5, 0.6) is 0 Å². The fraction of sp³-hybridized carbons (Fsp3) is 0.625. The van der Waals surface area contributed by atoms with Gasteiger partial charge in [-0.05, 0) is 5.92 Å². The Morgan fingerprint density at radius 3 is 1.86 bits per heavy atom. The Kier molecular flexibility index (Phi) is 10.9. The van der Waals surface area contributed by atoms with E-state index in [0.29, 0.717) is 6.42 Å². The normalized spacial score (nSPS) is 14.6. The number of nitrogens with two attached hydrogens (primary N) is 2. The van der Waals surface area contributed by atoms with Gasteiger partial charge in [-0.1, -0.05) is 20.3 Å². The maximum atomic E-state index is 12.6. The van der Waals surface area contributed by atoms with Crippen molar-refractivity contribution in [1.82, 2.24) is 16.0 Å². The number of carboxylic acid groups (broad SMARTS) is 2. The molecule has 0 rings (SSSR count). The number of carbonyl (C=O) groups excluding carboxylic acids is 4. The highest BCUT2D eigenvalue weighted by molar-refractivity contribution is 5.96. The van der Waals surface area contributed by atoms with E-state index in [1.165, 1.54) is 0 Å². The summed E-state index contributed by atoms with van der Waals surface area (Å²) in [6.45, 7) is 3.05. The summed E-state index contributed by atoms with van der Waals surface area (Å²) >= 11 is 0. The maximum absolute atomic E-state index is 12.6. The van der Waals surface area contributed by atoms with E-state index in [4.69, 9.17) is 21.7 Å². The molecule has 9 N–H and O–H groups in total. The Labute approximate surface area is 166 Å². The van der Waals surface area contributed by atoms with E-state index in [9.17, 15) is 28.8 Å². The van der Waals surface area contributed by atoms with Gasteiger partial charge in [0.25, 0.3) is 0 Å². The second kappa shape index (κ2) is 12.3. The van der Waals surface area contributed by atoms with Gasteiger partial charge in [0.1, 0.15) is 18.1 Å². The van der Waals surface area contributed by atoms with Gasteiger partial charge < -0.3 is 37.6 Å². The van der Waals surface area contributed by atoms with Crippen molar-refractivity contribution in [3.8, 4) is 0 Å². The number of primary amides is 1. The van der Waals surface area contributed by atoms with Crippen LogP contribution in [0.25, 0.3) is 0 Å². The molecule has 0 aliphatic carbocycles. The van der Waals surface area contributed by atoms with E-state index < -0.39 is 66.5 Å². The lowest BCUT2D eigenvalue weighted by Gasteiger charge is -2.26. The molecule has 0 aromatic heterocycles. The van der Waals surface area contributed by atoms with Crippen LogP contribution in [0.3, 0.4) is 0 Å². The van der Waals surface area contributed by atoms with Crippen molar-refractivity contribution in [3.05, 3.63) is 0 Å². The molecule has 0 aromatic carbocycles. The van der Waals surface area contributed by atoms with Crippen LogP contribution in [0, 0.1) is 5.92 Å². The highest BCUT2D eigenvalue weighted by atomic mass is 16.4. The predicted octanol–water partition coefficient (Wildman–Crippen LogP) is -3.12. The lowest BCUT2D eigenvalue weighted by atomic mass is 9.97. The summed E-state index contributed by atoms with van der Waals surface area (Å²) in [6, 6.07) is -4.43. The Morgan fingerprint density at radius 1 is 0.897 bits per heavy atom. The number of hydrogen-bond donors (Lipinski definition) is 7. The van der Waals surface area contributed by atoms with Crippen molar-refractivity contribution in [2.24, 2.45) is 17.4 Å². The topological polar surface area (TPSA) is 231 Å². The zero-order valence-electron chi connectivity index (χ0n) is 16.1. The third-order valence-electron chi connectivity index (χ3n) is 4.03. The molecule has 29 heavy (non-hydrogen) atoms. The number of aliphatic carboxylic acids is 2. The zero-order chi connectivity index (χ0) is 22.7. The molecule has 0 aromatic rings. The molecular formula is C16H27N5O8. The molecule has 4 atom stereocenters. The molecule has 0 radical (unpaired) electrons. The van der Waals surface area contributed by atoms with Crippen LogP contribution in [0.2, 0.25) is 0 Å². The SMILES string of the molecule is CCC(C)C(NC(=O)CN)C(=O)NC(CC(N)=O)C(=O)NC(CC(=O)O)C(=O)O. The van der Waals surface area contributed by atoms with Gasteiger partial charge in [0, 0.05) is 0 Å². The lowest BCUT2D eigenvalue weighted by molar-refractivity contribution is -0.147. The molecule has 0 spiro atoms. The minimum atomic E-state index is -1.78. The van der Waals surface area contributed by atoms with E-state index in [0.717, 1.165) is 0 Å². The molecule has 0 saturated heterocycles. The minimum Gasteiger partial charge on any atom is -0.481 e. The minimum absolute atomic E-state index is 0.360. The molecular weight excluding hydrogens is 390 g/mol. The second-order valence-electron chi connectivity index (χ2n) is 6.36. The van der Waals surface area contributed by atoms with Crippen LogP contribution in [0.4, 0.5) is 0 Å². The summed E-state index contributed by atoms with van der Waals surface area (Å²) in [4.78, 5) is 69.6. The first-order chi connectivity index (χ1) is 13.4. The van der Waals surface area contributed by atoms with Crippen molar-refractivity contribution in [3.63, 3.8) is 0 Å². The lowest BCUT2D eigenvalue weighted by Crippen LogP contribution is -2.58. The van der Waals surface area contributed by atoms with Crippen molar-refractivity contribution in [1.29, 1.82) is 0 Å². The second-order valence-corrected chi connectivity index (χ2v) is 6.36. The zero-order valence-corrected chi connectivity index (χ0v) is 16.1. The van der Waals surface area contributed by atoms with Gasteiger partial charge in [0.2, 0.25) is 23.6 Å². The first-order valence-corrected chi connectivity index (χ1v) is 8.75. The van der Waals surface area contributed by atoms with Crippen molar-refractivity contribution >= 4 is 35.6 Å². The van der Waals surface area contributed by atoms with Crippen molar-refractivity contribution in [2.45, 2.75) is 51.2 Å². The van der Waals surface area contributed by atoms with Crippen LogP contribution in [-0.2, 0) is 28.8 Å². The van der Waals surface area contributed by atoms with Gasteiger partial charge in [0.05, 0.1) is 19.4 Å². The number of amides is 4. The largest absolute Gasteiger partial charge is 0.481 e. The smallest absolute Gasteiger partial charge is 0.326 e. The van der Waals surface area contributed by atoms with Gasteiger partial charge in [-0.3, -0.25) is 24.0 Å². The summed E-state index contributed by atoms with van der Waals surface area (Å²) in [5.41, 5.74) is 10.3. The number of hydrogen-bond acceptors (Lipinski definition) is 7. The Morgan fingerprint density at radius 2 is 1.45 bits per heavy atom. The molecule has 13 nitrogen and oxygen atoms in total. The Bertz CT molecular complexity index is 653. The Balaban J connectivity index is 5.47. The molecule has 0 fully saturated rings. The first-order valence-electron chi connectivity index (χ1n) is 8.75. The number of nitrogens with one attached hydrogen (secondary N) is 3. The molecule has 4 unspecified atom stereocenters. The third kappa shape index (κ3) is 9.51. The molecule has 0 aliphatic rings. The van der Waals surface area contributed by atoms with E-state index in [1.807, 2.05) is 5.32 Å². The van der Waals surface area contributed by atoms with Crippen molar-refractivity contribution < 1.29 is 39.0 Å². The highest BCUT2D eigenvalue weighted by Gasteiger charge is 2.32. The molecule has 4 amide bonds. The molecule has 0 aliphatic heterocycles. The summed E-state index contributed by atoms with van der Waals surface area (Å²) < 4.78 is 0. The molecule has 0 bridgehead atoms. The Hall–Kier alpha value is -3.22. The predicted molar refractivity (Wildman–Crippen MR) is 98.0 cm³/mol. The van der Waals surface area contributed by atoms with Gasteiger partial charge in [-0.2, -0.15) is 0 Å². The van der Waals surface area contributed by atoms with Crippen LogP contribution in [-0.4, -0.2) is 70.5 Å². The molecule has 0 saturated carbocycles. The van der Waals surface area contributed by atoms with E-state index in [1.54, 1.807) is 13.8 Å². The summed E-state index contributed by atoms with van der Waals surface area (Å²) in [5, 5.41) is 24.3. The van der Waals surface area contributed by atoms with E-state index in [2.05, 4.69) is 10.6 Å². The first kappa shape index (κ1) is 25.8. The standard InChI is InChI=1S/C16H27N5O8/c1-3-7(2)13(21-11(23)6-17)15(27)19-8(4-10(18)22)14(26)20-9(16(28)29)5-12(24)25/h7-9,13H,3-6,17H2,1-2H3,(H2,18,22)(H,19,27)(H,20,26)(H,21,23)(H,24,25)(H,28,29). The highest BCUT2D eigenvalue weighted by Crippen LogP contribution is 2.09. The molecule has 164 valence electrons. The molecule has 0 heterocycles. The van der Waals surface area contributed by atoms with E-state index in [-0.39, 0.29) is 12.5 Å². The number of carbonyl (C=O) groups is 6. The van der Waals surface area contributed by atoms with Crippen LogP contribution in [0.1, 0.15) is 33.1 Å². The fourth-order valence-electron chi connectivity index (χ4n) is 2.25. The monoisotopic (exact) mass is 417 g/mol. The van der Waals surface area contributed by atoms with Gasteiger partial charge in [0.15, 0.2) is 0 Å². The molecule has 13 heteroatoms. The van der Waals surface area contributed by atoms with E-state index >= 15 is 0 Å². The summed E-state index contributed by atoms with van der Waals surface area (Å²) in [6.07, 6.45) is -1.11. The van der Waals surface area contributed by atoms with Crippen LogP contribution >= 0.6 is 0 Å². The number of carboxylic acids is 2. The average Bonchev–Trinajstić information content (AvgIpc) is 2.62. The van der Waals surface area contributed by atoms with Gasteiger partial charge in [-0.25, -0.2) is 4.79 Å². The maximum Gasteiger partial charge on any atom is 0.326 e.